The van der Waals surface area contributed by atoms with Crippen molar-refractivity contribution in [2.45, 2.75) is 32.8 Å². The fourth-order valence-corrected chi connectivity index (χ4v) is 3.24. The molecule has 2 aliphatic carbocycles. The molecule has 106 valence electrons. The number of carbonyl (C=O) groups excluding carboxylic acids is 1. The molecule has 0 aromatic heterocycles. The number of allylic oxidation sites excluding steroid dienone is 4. The van der Waals surface area contributed by atoms with E-state index in [2.05, 4.69) is 34.2 Å². The maximum atomic E-state index is 12.3. The van der Waals surface area contributed by atoms with Gasteiger partial charge in [-0.15, -0.1) is 0 Å². The van der Waals surface area contributed by atoms with Gasteiger partial charge in [0.15, 0.2) is 0 Å². The van der Waals surface area contributed by atoms with Gasteiger partial charge in [0.2, 0.25) is 0 Å². The smallest absolute Gasteiger partial charge is 0.410 e. The molecule has 0 radical (unpaired) electrons. The Bertz CT molecular complexity index is 602. The van der Waals surface area contributed by atoms with Gasteiger partial charge in [0.25, 0.3) is 0 Å². The van der Waals surface area contributed by atoms with Crippen molar-refractivity contribution in [1.82, 2.24) is 4.90 Å². The standard InChI is InChI=1S/C16H18BrNO2/c1-16(2,3)20-15(19)18-8-11-5-4-10-6-13(11)12(9-18)7-14(10)17/h4-5,7H,6,8-9H2,1-3H3. The summed E-state index contributed by atoms with van der Waals surface area (Å²) in [6.07, 6.45) is 7.12. The maximum absolute atomic E-state index is 12.3. The van der Waals surface area contributed by atoms with Crippen LogP contribution in [-0.4, -0.2) is 29.7 Å². The van der Waals surface area contributed by atoms with E-state index in [0.717, 1.165) is 10.9 Å². The number of hydrogen-bond acceptors (Lipinski definition) is 2. The Morgan fingerprint density at radius 3 is 2.65 bits per heavy atom. The van der Waals surface area contributed by atoms with Crippen LogP contribution in [0.1, 0.15) is 27.2 Å². The summed E-state index contributed by atoms with van der Waals surface area (Å²) in [6, 6.07) is 0. The van der Waals surface area contributed by atoms with E-state index in [1.165, 1.54) is 22.3 Å². The lowest BCUT2D eigenvalue weighted by atomic mass is 9.82. The minimum absolute atomic E-state index is 0.241. The van der Waals surface area contributed by atoms with Gasteiger partial charge in [-0.1, -0.05) is 28.1 Å². The zero-order chi connectivity index (χ0) is 14.5. The molecule has 0 fully saturated rings. The quantitative estimate of drug-likeness (QED) is 0.667. The van der Waals surface area contributed by atoms with Gasteiger partial charge in [0.05, 0.1) is 0 Å². The van der Waals surface area contributed by atoms with Crippen LogP contribution >= 0.6 is 15.9 Å². The van der Waals surface area contributed by atoms with Gasteiger partial charge < -0.3 is 4.74 Å². The number of fused-ring (bicyclic) bond motifs is 1. The Kier molecular flexibility index (Phi) is 3.16. The number of carbonyl (C=O) groups is 1. The molecule has 0 atom stereocenters. The Hall–Kier alpha value is -1.29. The molecule has 0 aromatic carbocycles. The molecule has 0 saturated carbocycles. The third-order valence-corrected chi connectivity index (χ3v) is 4.35. The second-order valence-electron chi connectivity index (χ2n) is 6.39. The van der Waals surface area contributed by atoms with Crippen LogP contribution in [0.25, 0.3) is 0 Å². The molecule has 0 unspecified atom stereocenters. The van der Waals surface area contributed by atoms with Crippen molar-refractivity contribution < 1.29 is 9.53 Å². The predicted octanol–water partition coefficient (Wildman–Crippen LogP) is 4.08. The monoisotopic (exact) mass is 335 g/mol. The van der Waals surface area contributed by atoms with Crippen molar-refractivity contribution in [3.63, 3.8) is 0 Å². The minimum Gasteiger partial charge on any atom is -0.444 e. The fourth-order valence-electron chi connectivity index (χ4n) is 2.69. The van der Waals surface area contributed by atoms with E-state index in [0.29, 0.717) is 13.1 Å². The molecule has 0 spiro atoms. The van der Waals surface area contributed by atoms with Gasteiger partial charge in [-0.2, -0.15) is 0 Å². The molecule has 0 saturated heterocycles. The Labute approximate surface area is 127 Å². The van der Waals surface area contributed by atoms with Crippen LogP contribution in [0.4, 0.5) is 4.79 Å². The molecule has 20 heavy (non-hydrogen) atoms. The van der Waals surface area contributed by atoms with E-state index in [-0.39, 0.29) is 6.09 Å². The van der Waals surface area contributed by atoms with Crippen LogP contribution in [0.15, 0.2) is 45.0 Å². The number of halogens is 1. The first-order chi connectivity index (χ1) is 9.33. The van der Waals surface area contributed by atoms with E-state index in [4.69, 9.17) is 4.74 Å². The molecule has 1 aliphatic heterocycles. The molecule has 3 aliphatic rings. The van der Waals surface area contributed by atoms with Crippen LogP contribution in [0.5, 0.6) is 0 Å². The lowest BCUT2D eigenvalue weighted by Crippen LogP contribution is -2.42. The zero-order valence-electron chi connectivity index (χ0n) is 12.0. The lowest BCUT2D eigenvalue weighted by Gasteiger charge is -2.36. The summed E-state index contributed by atoms with van der Waals surface area (Å²) in [5.41, 5.74) is 4.70. The number of nitrogens with zero attached hydrogens (tertiary/aromatic N) is 1. The Morgan fingerprint density at radius 2 is 1.95 bits per heavy atom. The predicted molar refractivity (Wildman–Crippen MR) is 82.6 cm³/mol. The number of hydrogen-bond donors (Lipinski definition) is 0. The first kappa shape index (κ1) is 13.7. The topological polar surface area (TPSA) is 29.5 Å². The van der Waals surface area contributed by atoms with Crippen molar-refractivity contribution in [1.29, 1.82) is 0 Å². The van der Waals surface area contributed by atoms with E-state index in [9.17, 15) is 4.79 Å². The average Bonchev–Trinajstić information content (AvgIpc) is 2.36. The normalized spacial score (nSPS) is 21.2. The molecule has 3 nitrogen and oxygen atoms in total. The largest absolute Gasteiger partial charge is 0.444 e. The molecular formula is C16H18BrNO2. The summed E-state index contributed by atoms with van der Waals surface area (Å²) < 4.78 is 6.60. The number of ether oxygens (including phenoxy) is 1. The number of amides is 1. The first-order valence-corrected chi connectivity index (χ1v) is 7.60. The molecule has 3 rings (SSSR count). The van der Waals surface area contributed by atoms with Crippen LogP contribution in [-0.2, 0) is 4.74 Å². The summed E-state index contributed by atoms with van der Waals surface area (Å²) in [5, 5.41) is 0. The molecule has 1 amide bonds. The van der Waals surface area contributed by atoms with E-state index >= 15 is 0 Å². The van der Waals surface area contributed by atoms with E-state index < -0.39 is 5.60 Å². The van der Waals surface area contributed by atoms with E-state index in [1.807, 2.05) is 20.8 Å². The second-order valence-corrected chi connectivity index (χ2v) is 7.25. The number of rotatable bonds is 0. The highest BCUT2D eigenvalue weighted by atomic mass is 79.9. The van der Waals surface area contributed by atoms with Crippen molar-refractivity contribution in [2.24, 2.45) is 0 Å². The van der Waals surface area contributed by atoms with Gasteiger partial charge in [0.1, 0.15) is 5.60 Å². The van der Waals surface area contributed by atoms with Crippen LogP contribution in [0, 0.1) is 0 Å². The summed E-state index contributed by atoms with van der Waals surface area (Å²) in [5.74, 6) is 0. The highest BCUT2D eigenvalue weighted by molar-refractivity contribution is 9.11. The lowest BCUT2D eigenvalue weighted by molar-refractivity contribution is 0.0279. The van der Waals surface area contributed by atoms with Gasteiger partial charge >= 0.3 is 6.09 Å². The van der Waals surface area contributed by atoms with Crippen LogP contribution in [0.2, 0.25) is 0 Å². The van der Waals surface area contributed by atoms with Crippen molar-refractivity contribution >= 4 is 22.0 Å². The third kappa shape index (κ3) is 2.49. The zero-order valence-corrected chi connectivity index (χ0v) is 13.6. The maximum Gasteiger partial charge on any atom is 0.410 e. The molecule has 2 bridgehead atoms. The minimum atomic E-state index is -0.456. The van der Waals surface area contributed by atoms with Crippen LogP contribution in [0.3, 0.4) is 0 Å². The van der Waals surface area contributed by atoms with Crippen molar-refractivity contribution in [3.8, 4) is 0 Å². The molecule has 0 N–H and O–H groups in total. The summed E-state index contributed by atoms with van der Waals surface area (Å²) in [6.45, 7) is 6.95. The summed E-state index contributed by atoms with van der Waals surface area (Å²) >= 11 is 3.60. The summed E-state index contributed by atoms with van der Waals surface area (Å²) in [7, 11) is 0. The third-order valence-electron chi connectivity index (χ3n) is 3.61. The highest BCUT2D eigenvalue weighted by Crippen LogP contribution is 2.40. The fraction of sp³-hybridized carbons (Fsp3) is 0.438. The SMILES string of the molecule is CC(C)(C)OC(=O)N1CC2=CC(Br)=C3C=CC(=C2C3)C1. The van der Waals surface area contributed by atoms with Gasteiger partial charge in [0, 0.05) is 17.6 Å². The average molecular weight is 336 g/mol. The highest BCUT2D eigenvalue weighted by Gasteiger charge is 2.31. The Balaban J connectivity index is 1.86. The van der Waals surface area contributed by atoms with Crippen molar-refractivity contribution in [2.75, 3.05) is 13.1 Å². The van der Waals surface area contributed by atoms with Crippen LogP contribution < -0.4 is 0 Å². The van der Waals surface area contributed by atoms with Gasteiger partial charge in [-0.3, -0.25) is 4.90 Å². The van der Waals surface area contributed by atoms with Gasteiger partial charge in [-0.05, 0) is 55.6 Å². The molecule has 4 heteroatoms. The second kappa shape index (κ2) is 4.62. The van der Waals surface area contributed by atoms with Gasteiger partial charge in [-0.25, -0.2) is 4.79 Å². The first-order valence-electron chi connectivity index (χ1n) is 6.81. The molecule has 1 heterocycles. The van der Waals surface area contributed by atoms with Crippen molar-refractivity contribution in [3.05, 3.63) is 45.0 Å². The van der Waals surface area contributed by atoms with E-state index in [1.54, 1.807) is 4.90 Å². The molecular weight excluding hydrogens is 318 g/mol. The summed E-state index contributed by atoms with van der Waals surface area (Å²) in [4.78, 5) is 14.0. The molecule has 0 aromatic rings. The Morgan fingerprint density at radius 1 is 1.25 bits per heavy atom.